The van der Waals surface area contributed by atoms with Gasteiger partial charge in [-0.25, -0.2) is 8.96 Å². The van der Waals surface area contributed by atoms with Gasteiger partial charge in [0.1, 0.15) is 5.82 Å². The summed E-state index contributed by atoms with van der Waals surface area (Å²) < 4.78 is 33.6. The molecule has 6 heteroatoms. The molecule has 0 heterocycles. The maximum absolute atomic E-state index is 12.5. The molecule has 0 aliphatic heterocycles. The van der Waals surface area contributed by atoms with Crippen molar-refractivity contribution in [1.29, 1.82) is 0 Å². The fourth-order valence-corrected chi connectivity index (χ4v) is 3.17. The molecule has 0 atom stereocenters. The van der Waals surface area contributed by atoms with Crippen molar-refractivity contribution in [2.45, 2.75) is 4.90 Å². The molecule has 0 aliphatic rings. The van der Waals surface area contributed by atoms with Crippen molar-refractivity contribution in [1.82, 2.24) is 0 Å². The third kappa shape index (κ3) is 3.10. The van der Waals surface area contributed by atoms with Crippen LogP contribution in [0.1, 0.15) is 0 Å². The van der Waals surface area contributed by atoms with Gasteiger partial charge in [0.05, 0.1) is 0 Å². The molecule has 0 saturated carbocycles. The summed E-state index contributed by atoms with van der Waals surface area (Å²) in [5, 5.41) is 0. The predicted molar refractivity (Wildman–Crippen MR) is 53.9 cm³/mol. The van der Waals surface area contributed by atoms with E-state index in [1.54, 1.807) is 0 Å². The number of hydrogen-bond donors (Lipinski definition) is 0. The first-order chi connectivity index (χ1) is 6.59. The second kappa shape index (κ2) is 4.94. The van der Waals surface area contributed by atoms with Gasteiger partial charge >= 0.3 is 6.80 Å². The Morgan fingerprint density at radius 2 is 1.71 bits per heavy atom. The quantitative estimate of drug-likeness (QED) is 0.751. The Morgan fingerprint density at radius 3 is 2.14 bits per heavy atom. The molecule has 0 saturated heterocycles. The maximum Gasteiger partial charge on any atom is 0.393 e. The summed E-state index contributed by atoms with van der Waals surface area (Å²) in [5.74, 6) is -0.334. The van der Waals surface area contributed by atoms with Crippen LogP contribution in [0.25, 0.3) is 0 Å². The van der Waals surface area contributed by atoms with Gasteiger partial charge in [-0.05, 0) is 35.6 Å². The molecule has 3 nitrogen and oxygen atoms in total. The van der Waals surface area contributed by atoms with E-state index in [2.05, 4.69) is 0 Å². The first-order valence-electron chi connectivity index (χ1n) is 3.76. The molecule has 0 unspecified atom stereocenters. The molecular formula is C8H10FO3PS. The van der Waals surface area contributed by atoms with E-state index in [1.165, 1.54) is 38.5 Å². The number of halogens is 1. The van der Waals surface area contributed by atoms with Gasteiger partial charge in [-0.2, -0.15) is 0 Å². The van der Waals surface area contributed by atoms with E-state index in [0.717, 1.165) is 11.4 Å². The summed E-state index contributed by atoms with van der Waals surface area (Å²) in [6.45, 7) is -3.12. The van der Waals surface area contributed by atoms with Crippen LogP contribution in [0.3, 0.4) is 0 Å². The van der Waals surface area contributed by atoms with Gasteiger partial charge in [0, 0.05) is 19.1 Å². The lowest BCUT2D eigenvalue weighted by molar-refractivity contribution is 0.295. The molecule has 0 aliphatic carbocycles. The summed E-state index contributed by atoms with van der Waals surface area (Å²) >= 11 is 0.944. The van der Waals surface area contributed by atoms with Gasteiger partial charge < -0.3 is 9.05 Å². The van der Waals surface area contributed by atoms with Gasteiger partial charge in [0.15, 0.2) is 0 Å². The van der Waals surface area contributed by atoms with E-state index in [0.29, 0.717) is 4.90 Å². The summed E-state index contributed by atoms with van der Waals surface area (Å²) in [5.41, 5.74) is 0. The lowest BCUT2D eigenvalue weighted by Gasteiger charge is -2.11. The highest BCUT2D eigenvalue weighted by Crippen LogP contribution is 2.62. The fourth-order valence-electron chi connectivity index (χ4n) is 0.774. The highest BCUT2D eigenvalue weighted by molar-refractivity contribution is 8.55. The van der Waals surface area contributed by atoms with Crippen LogP contribution < -0.4 is 0 Å². The molecule has 78 valence electrons. The third-order valence-electron chi connectivity index (χ3n) is 1.48. The zero-order valence-electron chi connectivity index (χ0n) is 7.77. The Labute approximate surface area is 85.9 Å². The van der Waals surface area contributed by atoms with Crippen molar-refractivity contribution < 1.29 is 18.0 Å². The normalized spacial score (nSPS) is 11.6. The first kappa shape index (κ1) is 11.7. The average molecular weight is 236 g/mol. The average Bonchev–Trinajstić information content (AvgIpc) is 2.21. The van der Waals surface area contributed by atoms with E-state index >= 15 is 0 Å². The predicted octanol–water partition coefficient (Wildman–Crippen LogP) is 3.32. The molecule has 0 bridgehead atoms. The number of rotatable bonds is 4. The molecule has 0 fully saturated rings. The first-order valence-corrected chi connectivity index (χ1v) is 6.73. The SMILES string of the molecule is COP(=O)(OC)Sc1ccc(F)cc1. The molecule has 1 aromatic carbocycles. The zero-order chi connectivity index (χ0) is 10.6. The summed E-state index contributed by atoms with van der Waals surface area (Å²) in [4.78, 5) is 0.637. The van der Waals surface area contributed by atoms with Crippen LogP contribution in [-0.2, 0) is 13.6 Å². The fraction of sp³-hybridized carbons (Fsp3) is 0.250. The number of benzene rings is 1. The molecule has 0 spiro atoms. The minimum atomic E-state index is -3.12. The van der Waals surface area contributed by atoms with Crippen LogP contribution in [0.15, 0.2) is 29.2 Å². The van der Waals surface area contributed by atoms with Gasteiger partial charge in [-0.3, -0.25) is 0 Å². The molecule has 0 aromatic heterocycles. The van der Waals surface area contributed by atoms with E-state index in [1.807, 2.05) is 0 Å². The van der Waals surface area contributed by atoms with Crippen molar-refractivity contribution in [3.8, 4) is 0 Å². The second-order valence-electron chi connectivity index (χ2n) is 2.36. The van der Waals surface area contributed by atoms with Crippen LogP contribution in [0.2, 0.25) is 0 Å². The van der Waals surface area contributed by atoms with Gasteiger partial charge in [-0.1, -0.05) is 0 Å². The molecule has 14 heavy (non-hydrogen) atoms. The molecule has 1 rings (SSSR count). The zero-order valence-corrected chi connectivity index (χ0v) is 9.48. The van der Waals surface area contributed by atoms with Crippen molar-refractivity contribution in [2.24, 2.45) is 0 Å². The molecule has 0 radical (unpaired) electrons. The van der Waals surface area contributed by atoms with Crippen molar-refractivity contribution in [3.05, 3.63) is 30.1 Å². The highest BCUT2D eigenvalue weighted by atomic mass is 32.7. The minimum Gasteiger partial charge on any atom is -0.304 e. The van der Waals surface area contributed by atoms with E-state index in [-0.39, 0.29) is 5.82 Å². The Balaban J connectivity index is 2.78. The highest BCUT2D eigenvalue weighted by Gasteiger charge is 2.22. The second-order valence-corrected chi connectivity index (χ2v) is 6.53. The van der Waals surface area contributed by atoms with E-state index < -0.39 is 6.80 Å². The third-order valence-corrected chi connectivity index (χ3v) is 5.28. The van der Waals surface area contributed by atoms with Crippen molar-refractivity contribution in [3.63, 3.8) is 0 Å². The standard InChI is InChI=1S/C8H10FO3PS/c1-11-13(10,12-2)14-8-5-3-7(9)4-6-8/h3-6H,1-2H3. The van der Waals surface area contributed by atoms with Crippen molar-refractivity contribution >= 4 is 18.2 Å². The van der Waals surface area contributed by atoms with E-state index in [4.69, 9.17) is 9.05 Å². The molecule has 1 aromatic rings. The largest absolute Gasteiger partial charge is 0.393 e. The smallest absolute Gasteiger partial charge is 0.304 e. The lowest BCUT2D eigenvalue weighted by Crippen LogP contribution is -1.83. The number of hydrogen-bond acceptors (Lipinski definition) is 4. The maximum atomic E-state index is 12.5. The molecule has 0 amide bonds. The van der Waals surface area contributed by atoms with Gasteiger partial charge in [-0.15, -0.1) is 0 Å². The van der Waals surface area contributed by atoms with Crippen molar-refractivity contribution in [2.75, 3.05) is 14.2 Å². The lowest BCUT2D eigenvalue weighted by atomic mass is 10.4. The Bertz CT molecular complexity index is 333. The van der Waals surface area contributed by atoms with E-state index in [9.17, 15) is 8.96 Å². The topological polar surface area (TPSA) is 35.5 Å². The summed E-state index contributed by atoms with van der Waals surface area (Å²) in [7, 11) is 2.61. The van der Waals surface area contributed by atoms with Crippen LogP contribution in [0.4, 0.5) is 4.39 Å². The Hall–Kier alpha value is -0.350. The van der Waals surface area contributed by atoms with Crippen LogP contribution in [0.5, 0.6) is 0 Å². The van der Waals surface area contributed by atoms with Crippen LogP contribution >= 0.6 is 18.2 Å². The van der Waals surface area contributed by atoms with Gasteiger partial charge in [0.25, 0.3) is 0 Å². The summed E-state index contributed by atoms with van der Waals surface area (Å²) in [6.07, 6.45) is 0. The monoisotopic (exact) mass is 236 g/mol. The minimum absolute atomic E-state index is 0.334. The Morgan fingerprint density at radius 1 is 1.21 bits per heavy atom. The van der Waals surface area contributed by atoms with Crippen LogP contribution in [-0.4, -0.2) is 14.2 Å². The van der Waals surface area contributed by atoms with Crippen LogP contribution in [0, 0.1) is 5.82 Å². The van der Waals surface area contributed by atoms with Gasteiger partial charge in [0.2, 0.25) is 0 Å². The Kier molecular flexibility index (Phi) is 4.13. The molecule has 0 N–H and O–H groups in total. The molecular weight excluding hydrogens is 226 g/mol. The summed E-state index contributed by atoms with van der Waals surface area (Å²) in [6, 6.07) is 5.62.